The van der Waals surface area contributed by atoms with E-state index in [9.17, 15) is 5.11 Å². The number of phenolic OH excluding ortho intramolecular Hbond substituents is 1. The van der Waals surface area contributed by atoms with E-state index in [1.807, 2.05) is 29.0 Å². The summed E-state index contributed by atoms with van der Waals surface area (Å²) in [5.41, 5.74) is 2.04. The minimum atomic E-state index is 0.141. The fourth-order valence-electron chi connectivity index (χ4n) is 5.05. The van der Waals surface area contributed by atoms with Crippen molar-refractivity contribution in [3.05, 3.63) is 43.0 Å². The number of nitrogens with zero attached hydrogens (tertiary/aromatic N) is 5. The van der Waals surface area contributed by atoms with Gasteiger partial charge in [0.15, 0.2) is 11.6 Å². The van der Waals surface area contributed by atoms with Gasteiger partial charge in [-0.05, 0) is 31.4 Å². The molecule has 1 aromatic carbocycles. The number of imidazole rings is 1. The van der Waals surface area contributed by atoms with Crippen LogP contribution >= 0.6 is 0 Å². The number of hydrogen-bond donors (Lipinski definition) is 2. The third-order valence-corrected chi connectivity index (χ3v) is 6.54. The van der Waals surface area contributed by atoms with E-state index in [0.717, 1.165) is 56.3 Å². The second kappa shape index (κ2) is 8.07. The van der Waals surface area contributed by atoms with Crippen LogP contribution in [-0.2, 0) is 4.74 Å². The number of aromatic nitrogens is 4. The van der Waals surface area contributed by atoms with Crippen LogP contribution in [0.25, 0.3) is 16.9 Å². The van der Waals surface area contributed by atoms with E-state index in [1.165, 1.54) is 0 Å². The van der Waals surface area contributed by atoms with Gasteiger partial charge in [0.2, 0.25) is 0 Å². The molecular formula is C23H26N6O3. The number of rotatable bonds is 3. The lowest BCUT2D eigenvalue weighted by Crippen LogP contribution is -2.59. The van der Waals surface area contributed by atoms with E-state index in [2.05, 4.69) is 25.4 Å². The van der Waals surface area contributed by atoms with Crippen LogP contribution in [0.15, 0.2) is 43.0 Å². The molecule has 6 rings (SSSR count). The largest absolute Gasteiger partial charge is 0.507 e. The molecule has 2 bridgehead atoms. The minimum absolute atomic E-state index is 0.141. The van der Waals surface area contributed by atoms with E-state index in [0.29, 0.717) is 36.0 Å². The molecule has 0 radical (unpaired) electrons. The molecule has 5 heterocycles. The number of aromatic hydroxyl groups is 1. The molecule has 3 atom stereocenters. The first-order valence-corrected chi connectivity index (χ1v) is 11.2. The van der Waals surface area contributed by atoms with Crippen LogP contribution in [0.3, 0.4) is 0 Å². The zero-order chi connectivity index (χ0) is 21.5. The Morgan fingerprint density at radius 1 is 1.09 bits per heavy atom. The van der Waals surface area contributed by atoms with Crippen molar-refractivity contribution >= 4 is 5.82 Å². The average Bonchev–Trinajstić information content (AvgIpc) is 3.26. The van der Waals surface area contributed by atoms with Gasteiger partial charge in [0.1, 0.15) is 11.4 Å². The topological polar surface area (TPSA) is 97.6 Å². The van der Waals surface area contributed by atoms with E-state index >= 15 is 0 Å². The first kappa shape index (κ1) is 19.5. The van der Waals surface area contributed by atoms with E-state index in [1.54, 1.807) is 18.6 Å². The Labute approximate surface area is 186 Å². The number of ether oxygens (including phenoxy) is 2. The molecule has 0 spiro atoms. The van der Waals surface area contributed by atoms with Gasteiger partial charge in [-0.25, -0.2) is 4.98 Å². The molecule has 32 heavy (non-hydrogen) atoms. The van der Waals surface area contributed by atoms with Crippen molar-refractivity contribution < 1.29 is 14.6 Å². The predicted octanol–water partition coefficient (Wildman–Crippen LogP) is 2.14. The standard InChI is InChI=1S/C23H26N6O3/c30-21-10-17(28-6-4-24-14-28)2-3-19(21)20-11-22-23(27-26-20)29(5-1-7-32-22)18-8-15-12-31-13-16(9-18)25-15/h2-4,6,10-11,14-16,18,25,30H,1,5,7-9,12-13H2/t15-,16+,18?. The van der Waals surface area contributed by atoms with Crippen molar-refractivity contribution in [1.82, 2.24) is 25.1 Å². The summed E-state index contributed by atoms with van der Waals surface area (Å²) >= 11 is 0. The summed E-state index contributed by atoms with van der Waals surface area (Å²) in [6, 6.07) is 8.54. The highest BCUT2D eigenvalue weighted by Gasteiger charge is 2.36. The fraction of sp³-hybridized carbons (Fsp3) is 0.435. The monoisotopic (exact) mass is 434 g/mol. The lowest BCUT2D eigenvalue weighted by molar-refractivity contribution is 0.0178. The molecule has 2 aromatic heterocycles. The summed E-state index contributed by atoms with van der Waals surface area (Å²) in [7, 11) is 0. The molecule has 3 aliphatic heterocycles. The van der Waals surface area contributed by atoms with Crippen molar-refractivity contribution in [1.29, 1.82) is 0 Å². The normalized spacial score (nSPS) is 25.0. The van der Waals surface area contributed by atoms with Crippen LogP contribution in [0.5, 0.6) is 11.5 Å². The van der Waals surface area contributed by atoms with Gasteiger partial charge < -0.3 is 29.4 Å². The fourth-order valence-corrected chi connectivity index (χ4v) is 5.05. The van der Waals surface area contributed by atoms with Gasteiger partial charge in [0.25, 0.3) is 0 Å². The summed E-state index contributed by atoms with van der Waals surface area (Å²) in [4.78, 5) is 6.43. The molecular weight excluding hydrogens is 408 g/mol. The van der Waals surface area contributed by atoms with Gasteiger partial charge in [-0.3, -0.25) is 0 Å². The molecule has 0 saturated carbocycles. The van der Waals surface area contributed by atoms with E-state index in [4.69, 9.17) is 9.47 Å². The van der Waals surface area contributed by atoms with Crippen LogP contribution in [-0.4, -0.2) is 69.3 Å². The van der Waals surface area contributed by atoms with Crippen molar-refractivity contribution in [2.24, 2.45) is 0 Å². The molecule has 9 heteroatoms. The lowest BCUT2D eigenvalue weighted by atomic mass is 9.91. The van der Waals surface area contributed by atoms with Crippen molar-refractivity contribution in [2.45, 2.75) is 37.4 Å². The Morgan fingerprint density at radius 3 is 2.75 bits per heavy atom. The van der Waals surface area contributed by atoms with Crippen LogP contribution in [0.1, 0.15) is 19.3 Å². The van der Waals surface area contributed by atoms with Crippen molar-refractivity contribution in [3.63, 3.8) is 0 Å². The van der Waals surface area contributed by atoms with Crippen molar-refractivity contribution in [3.8, 4) is 28.4 Å². The molecule has 2 saturated heterocycles. The first-order valence-electron chi connectivity index (χ1n) is 11.2. The van der Waals surface area contributed by atoms with Crippen LogP contribution in [0, 0.1) is 0 Å². The van der Waals surface area contributed by atoms with E-state index in [-0.39, 0.29) is 5.75 Å². The van der Waals surface area contributed by atoms with Gasteiger partial charge >= 0.3 is 0 Å². The summed E-state index contributed by atoms with van der Waals surface area (Å²) in [5, 5.41) is 23.4. The minimum Gasteiger partial charge on any atom is -0.507 e. The number of nitrogens with one attached hydrogen (secondary N) is 1. The summed E-state index contributed by atoms with van der Waals surface area (Å²) in [6.07, 6.45) is 8.22. The number of benzene rings is 1. The SMILES string of the molecule is Oc1cc(-n2ccnc2)ccc1-c1cc2c(nn1)N(C1C[C@H]3COC[C@@H](C1)N3)CCCO2. The Balaban J connectivity index is 1.31. The highest BCUT2D eigenvalue weighted by Crippen LogP contribution is 2.37. The zero-order valence-corrected chi connectivity index (χ0v) is 17.7. The van der Waals surface area contributed by atoms with Crippen molar-refractivity contribution in [2.75, 3.05) is 31.3 Å². The number of phenols is 1. The lowest BCUT2D eigenvalue weighted by Gasteiger charge is -2.44. The predicted molar refractivity (Wildman–Crippen MR) is 118 cm³/mol. The third kappa shape index (κ3) is 3.57. The van der Waals surface area contributed by atoms with E-state index < -0.39 is 0 Å². The molecule has 2 fully saturated rings. The maximum Gasteiger partial charge on any atom is 0.194 e. The molecule has 3 aliphatic rings. The zero-order valence-electron chi connectivity index (χ0n) is 17.7. The van der Waals surface area contributed by atoms with Crippen LogP contribution in [0.2, 0.25) is 0 Å². The smallest absolute Gasteiger partial charge is 0.194 e. The molecule has 166 valence electrons. The second-order valence-corrected chi connectivity index (χ2v) is 8.71. The quantitative estimate of drug-likeness (QED) is 0.647. The van der Waals surface area contributed by atoms with Gasteiger partial charge in [0.05, 0.1) is 31.8 Å². The number of piperidine rings is 1. The molecule has 3 aromatic rings. The van der Waals surface area contributed by atoms with Crippen LogP contribution < -0.4 is 15.0 Å². The first-order chi connectivity index (χ1) is 15.7. The number of fused-ring (bicyclic) bond motifs is 3. The Hall–Kier alpha value is -3.17. The van der Waals surface area contributed by atoms with Gasteiger partial charge in [-0.1, -0.05) is 0 Å². The third-order valence-electron chi connectivity index (χ3n) is 6.54. The summed E-state index contributed by atoms with van der Waals surface area (Å²) in [5.74, 6) is 1.67. The van der Waals surface area contributed by atoms with Gasteiger partial charge in [-0.2, -0.15) is 0 Å². The summed E-state index contributed by atoms with van der Waals surface area (Å²) < 4.78 is 13.6. The highest BCUT2D eigenvalue weighted by atomic mass is 16.5. The maximum absolute atomic E-state index is 10.7. The number of hydrogen-bond acceptors (Lipinski definition) is 8. The average molecular weight is 435 g/mol. The van der Waals surface area contributed by atoms with Gasteiger partial charge in [-0.15, -0.1) is 10.2 Å². The number of anilines is 1. The molecule has 0 aliphatic carbocycles. The molecule has 2 N–H and O–H groups in total. The second-order valence-electron chi connectivity index (χ2n) is 8.71. The highest BCUT2D eigenvalue weighted by molar-refractivity contribution is 5.71. The summed E-state index contributed by atoms with van der Waals surface area (Å²) in [6.45, 7) is 3.07. The number of morpholine rings is 1. The molecule has 9 nitrogen and oxygen atoms in total. The maximum atomic E-state index is 10.7. The Morgan fingerprint density at radius 2 is 1.97 bits per heavy atom. The molecule has 1 unspecified atom stereocenters. The van der Waals surface area contributed by atoms with Gasteiger partial charge in [0, 0.05) is 54.8 Å². The Bertz CT molecular complexity index is 1090. The van der Waals surface area contributed by atoms with Crippen LogP contribution in [0.4, 0.5) is 5.82 Å². The molecule has 0 amide bonds. The Kier molecular flexibility index (Phi) is 4.92.